The second-order valence-electron chi connectivity index (χ2n) is 4.32. The van der Waals surface area contributed by atoms with Crippen LogP contribution in [0.3, 0.4) is 0 Å². The Kier molecular flexibility index (Phi) is 3.50. The van der Waals surface area contributed by atoms with Crippen LogP contribution in [-0.2, 0) is 4.79 Å². The highest BCUT2D eigenvalue weighted by molar-refractivity contribution is 5.79. The molecule has 0 bridgehead atoms. The predicted molar refractivity (Wildman–Crippen MR) is 59.7 cm³/mol. The number of aromatic nitrogens is 2. The summed E-state index contributed by atoms with van der Waals surface area (Å²) in [6, 6.07) is -0.229. The van der Waals surface area contributed by atoms with Gasteiger partial charge in [0.15, 0.2) is 0 Å². The van der Waals surface area contributed by atoms with Crippen LogP contribution >= 0.6 is 0 Å². The number of likely N-dealkylation sites (N-methyl/N-ethyl adjacent to an activating group) is 1. The number of rotatable bonds is 3. The Hall–Kier alpha value is -1.32. The Morgan fingerprint density at radius 2 is 2.00 bits per heavy atom. The second kappa shape index (κ2) is 4.47. The molecule has 0 aliphatic carbocycles. The summed E-state index contributed by atoms with van der Waals surface area (Å²) >= 11 is 0. The number of amides is 1. The van der Waals surface area contributed by atoms with E-state index in [0.717, 1.165) is 5.56 Å². The van der Waals surface area contributed by atoms with Crippen molar-refractivity contribution in [3.63, 3.8) is 0 Å². The van der Waals surface area contributed by atoms with E-state index in [9.17, 15) is 4.79 Å². The fourth-order valence-corrected chi connectivity index (χ4v) is 1.35. The van der Waals surface area contributed by atoms with Crippen molar-refractivity contribution in [2.75, 3.05) is 14.1 Å². The van der Waals surface area contributed by atoms with Gasteiger partial charge in [-0.05, 0) is 18.4 Å². The molecular formula is C11H19N3O. The summed E-state index contributed by atoms with van der Waals surface area (Å²) < 4.78 is 1.72. The van der Waals surface area contributed by atoms with Crippen LogP contribution in [0.5, 0.6) is 0 Å². The Morgan fingerprint density at radius 3 is 2.40 bits per heavy atom. The molecule has 1 rings (SSSR count). The molecule has 0 aliphatic heterocycles. The van der Waals surface area contributed by atoms with Crippen LogP contribution in [0.15, 0.2) is 12.4 Å². The first-order chi connectivity index (χ1) is 6.93. The van der Waals surface area contributed by atoms with Crippen LogP contribution in [0.2, 0.25) is 0 Å². The van der Waals surface area contributed by atoms with Crippen LogP contribution in [0, 0.1) is 0 Å². The lowest BCUT2D eigenvalue weighted by Gasteiger charge is -2.16. The monoisotopic (exact) mass is 209 g/mol. The van der Waals surface area contributed by atoms with Gasteiger partial charge in [-0.15, -0.1) is 0 Å². The van der Waals surface area contributed by atoms with E-state index < -0.39 is 0 Å². The number of hydrogen-bond donors (Lipinski definition) is 0. The lowest BCUT2D eigenvalue weighted by atomic mass is 10.1. The molecule has 1 aromatic rings. The molecule has 0 unspecified atom stereocenters. The average Bonchev–Trinajstić information content (AvgIpc) is 2.64. The minimum absolute atomic E-state index is 0.0633. The molecule has 0 saturated carbocycles. The van der Waals surface area contributed by atoms with Crippen LogP contribution in [0.1, 0.15) is 38.3 Å². The smallest absolute Gasteiger partial charge is 0.246 e. The van der Waals surface area contributed by atoms with Crippen LogP contribution in [0.25, 0.3) is 0 Å². The van der Waals surface area contributed by atoms with Gasteiger partial charge in [0.2, 0.25) is 5.91 Å². The molecule has 0 aliphatic rings. The van der Waals surface area contributed by atoms with Crippen molar-refractivity contribution in [2.24, 2.45) is 0 Å². The van der Waals surface area contributed by atoms with E-state index in [4.69, 9.17) is 0 Å². The van der Waals surface area contributed by atoms with Gasteiger partial charge in [0, 0.05) is 20.3 Å². The first kappa shape index (κ1) is 11.8. The second-order valence-corrected chi connectivity index (χ2v) is 4.32. The molecule has 4 heteroatoms. The molecular weight excluding hydrogens is 190 g/mol. The summed E-state index contributed by atoms with van der Waals surface area (Å²) in [6.45, 7) is 6.08. The fourth-order valence-electron chi connectivity index (χ4n) is 1.35. The van der Waals surface area contributed by atoms with Crippen molar-refractivity contribution in [2.45, 2.75) is 32.7 Å². The topological polar surface area (TPSA) is 38.1 Å². The van der Waals surface area contributed by atoms with Gasteiger partial charge in [-0.3, -0.25) is 9.48 Å². The van der Waals surface area contributed by atoms with Gasteiger partial charge in [0.05, 0.1) is 6.20 Å². The van der Waals surface area contributed by atoms with E-state index in [2.05, 4.69) is 18.9 Å². The van der Waals surface area contributed by atoms with E-state index in [1.807, 2.05) is 19.3 Å². The van der Waals surface area contributed by atoms with Gasteiger partial charge in [-0.1, -0.05) is 13.8 Å². The third-order valence-corrected chi connectivity index (χ3v) is 2.48. The Morgan fingerprint density at radius 1 is 1.40 bits per heavy atom. The SMILES string of the molecule is CC(C)c1cnn([C@H](C)C(=O)N(C)C)c1. The molecule has 1 aromatic heterocycles. The minimum Gasteiger partial charge on any atom is -0.347 e. The van der Waals surface area contributed by atoms with Gasteiger partial charge in [-0.2, -0.15) is 5.10 Å². The normalized spacial score (nSPS) is 12.9. The summed E-state index contributed by atoms with van der Waals surface area (Å²) in [5.74, 6) is 0.508. The zero-order valence-electron chi connectivity index (χ0n) is 10.1. The maximum Gasteiger partial charge on any atom is 0.246 e. The van der Waals surface area contributed by atoms with E-state index in [1.165, 1.54) is 0 Å². The maximum atomic E-state index is 11.7. The van der Waals surface area contributed by atoms with Gasteiger partial charge < -0.3 is 4.90 Å². The molecule has 0 spiro atoms. The highest BCUT2D eigenvalue weighted by atomic mass is 16.2. The predicted octanol–water partition coefficient (Wildman–Crippen LogP) is 1.66. The summed E-state index contributed by atoms with van der Waals surface area (Å²) in [7, 11) is 3.51. The number of hydrogen-bond acceptors (Lipinski definition) is 2. The van der Waals surface area contributed by atoms with Gasteiger partial charge in [0.1, 0.15) is 6.04 Å². The van der Waals surface area contributed by atoms with Crippen LogP contribution < -0.4 is 0 Å². The molecule has 0 saturated heterocycles. The van der Waals surface area contributed by atoms with E-state index in [-0.39, 0.29) is 11.9 Å². The Labute approximate surface area is 90.9 Å². The molecule has 84 valence electrons. The summed E-state index contributed by atoms with van der Waals surface area (Å²) in [4.78, 5) is 13.3. The third kappa shape index (κ3) is 2.58. The minimum atomic E-state index is -0.229. The van der Waals surface area contributed by atoms with Crippen molar-refractivity contribution in [1.82, 2.24) is 14.7 Å². The Bertz CT molecular complexity index is 341. The zero-order valence-corrected chi connectivity index (χ0v) is 10.1. The van der Waals surface area contributed by atoms with Crippen molar-refractivity contribution in [1.29, 1.82) is 0 Å². The lowest BCUT2D eigenvalue weighted by Crippen LogP contribution is -2.30. The van der Waals surface area contributed by atoms with E-state index >= 15 is 0 Å². The molecule has 0 N–H and O–H groups in total. The zero-order chi connectivity index (χ0) is 11.6. The van der Waals surface area contributed by atoms with E-state index in [0.29, 0.717) is 5.92 Å². The lowest BCUT2D eigenvalue weighted by molar-refractivity contribution is -0.131. The first-order valence-electron chi connectivity index (χ1n) is 5.18. The average molecular weight is 209 g/mol. The molecule has 1 atom stereocenters. The molecule has 0 aromatic carbocycles. The molecule has 1 amide bonds. The van der Waals surface area contributed by atoms with Crippen LogP contribution in [-0.4, -0.2) is 34.7 Å². The van der Waals surface area contributed by atoms with Crippen molar-refractivity contribution in [3.05, 3.63) is 18.0 Å². The van der Waals surface area contributed by atoms with Gasteiger partial charge >= 0.3 is 0 Å². The number of nitrogens with zero attached hydrogens (tertiary/aromatic N) is 3. The number of carbonyl (C=O) groups excluding carboxylic acids is 1. The van der Waals surface area contributed by atoms with Crippen molar-refractivity contribution >= 4 is 5.91 Å². The maximum absolute atomic E-state index is 11.7. The fraction of sp³-hybridized carbons (Fsp3) is 0.636. The summed E-state index contributed by atoms with van der Waals surface area (Å²) in [5.41, 5.74) is 1.16. The standard InChI is InChI=1S/C11H19N3O/c1-8(2)10-6-12-14(7-10)9(3)11(15)13(4)5/h6-9H,1-5H3/t9-/m1/s1. The third-order valence-electron chi connectivity index (χ3n) is 2.48. The van der Waals surface area contributed by atoms with E-state index in [1.54, 1.807) is 23.7 Å². The Balaban J connectivity index is 2.83. The highest BCUT2D eigenvalue weighted by Gasteiger charge is 2.17. The molecule has 4 nitrogen and oxygen atoms in total. The first-order valence-corrected chi connectivity index (χ1v) is 5.18. The van der Waals surface area contributed by atoms with Crippen LogP contribution in [0.4, 0.5) is 0 Å². The number of carbonyl (C=O) groups is 1. The summed E-state index contributed by atoms with van der Waals surface area (Å²) in [6.07, 6.45) is 3.76. The highest BCUT2D eigenvalue weighted by Crippen LogP contribution is 2.15. The molecule has 1 heterocycles. The summed E-state index contributed by atoms with van der Waals surface area (Å²) in [5, 5.41) is 4.21. The largest absolute Gasteiger partial charge is 0.347 e. The van der Waals surface area contributed by atoms with Gasteiger partial charge in [0.25, 0.3) is 0 Å². The van der Waals surface area contributed by atoms with Gasteiger partial charge in [-0.25, -0.2) is 0 Å². The quantitative estimate of drug-likeness (QED) is 0.759. The molecule has 0 radical (unpaired) electrons. The molecule has 15 heavy (non-hydrogen) atoms. The van der Waals surface area contributed by atoms with Crippen molar-refractivity contribution < 1.29 is 4.79 Å². The molecule has 0 fully saturated rings. The van der Waals surface area contributed by atoms with Crippen molar-refractivity contribution in [3.8, 4) is 0 Å².